The van der Waals surface area contributed by atoms with Gasteiger partial charge in [-0.2, -0.15) is 0 Å². The molecule has 2 saturated heterocycles. The number of amides is 2. The molecule has 0 radical (unpaired) electrons. The molecule has 3 atom stereocenters. The average Bonchev–Trinajstić information content (AvgIpc) is 2.54. The number of benzene rings is 1. The third-order valence-electron chi connectivity index (χ3n) is 4.59. The summed E-state index contributed by atoms with van der Waals surface area (Å²) < 4.78 is 5.80. The maximum Gasteiger partial charge on any atom is 0.321 e. The number of nitrogens with one attached hydrogen (secondary N) is 1. The highest BCUT2D eigenvalue weighted by Gasteiger charge is 2.26. The zero-order chi connectivity index (χ0) is 17.1. The zero-order valence-electron chi connectivity index (χ0n) is 14.4. The van der Waals surface area contributed by atoms with Gasteiger partial charge in [0.2, 0.25) is 0 Å². The summed E-state index contributed by atoms with van der Waals surface area (Å²) in [4.78, 5) is 16.5. The number of β-amino-alcohol motifs (C(OH)–C–C–N with tert-alkyl or cyclic N) is 1. The number of hydrogen-bond acceptors (Lipinski definition) is 4. The van der Waals surface area contributed by atoms with Crippen LogP contribution in [-0.2, 0) is 4.74 Å². The number of piperidine rings is 1. The largest absolute Gasteiger partial charge is 0.391 e. The minimum Gasteiger partial charge on any atom is -0.391 e. The lowest BCUT2D eigenvalue weighted by molar-refractivity contribution is -0.00517. The molecule has 1 aromatic carbocycles. The first-order valence-corrected chi connectivity index (χ1v) is 8.76. The molecule has 2 aliphatic heterocycles. The molecule has 6 heteroatoms. The molecule has 2 amide bonds. The van der Waals surface area contributed by atoms with E-state index < -0.39 is 6.10 Å². The number of carbonyl (C=O) groups is 1. The smallest absolute Gasteiger partial charge is 0.321 e. The summed E-state index contributed by atoms with van der Waals surface area (Å²) in [6, 6.07) is 7.73. The first kappa shape index (κ1) is 17.0. The van der Waals surface area contributed by atoms with Gasteiger partial charge in [-0.25, -0.2) is 4.79 Å². The number of urea groups is 1. The van der Waals surface area contributed by atoms with Crippen LogP contribution in [0.25, 0.3) is 0 Å². The Labute approximate surface area is 143 Å². The maximum absolute atomic E-state index is 12.5. The van der Waals surface area contributed by atoms with Crippen LogP contribution in [0.5, 0.6) is 0 Å². The highest BCUT2D eigenvalue weighted by molar-refractivity contribution is 5.93. The third-order valence-corrected chi connectivity index (χ3v) is 4.59. The Morgan fingerprint density at radius 2 is 1.92 bits per heavy atom. The molecule has 6 nitrogen and oxygen atoms in total. The summed E-state index contributed by atoms with van der Waals surface area (Å²) >= 11 is 0. The van der Waals surface area contributed by atoms with E-state index in [1.807, 2.05) is 24.3 Å². The van der Waals surface area contributed by atoms with Gasteiger partial charge in [-0.15, -0.1) is 0 Å². The fraction of sp³-hybridized carbons (Fsp3) is 0.611. The van der Waals surface area contributed by atoms with Crippen LogP contribution in [-0.4, -0.2) is 60.5 Å². The van der Waals surface area contributed by atoms with Crippen molar-refractivity contribution >= 4 is 17.4 Å². The van der Waals surface area contributed by atoms with E-state index in [2.05, 4.69) is 24.1 Å². The molecule has 2 fully saturated rings. The Hall–Kier alpha value is -1.79. The van der Waals surface area contributed by atoms with Crippen LogP contribution in [0.15, 0.2) is 24.3 Å². The number of rotatable bonds is 2. The number of likely N-dealkylation sites (tertiary alicyclic amines) is 1. The van der Waals surface area contributed by atoms with Gasteiger partial charge in [0, 0.05) is 26.2 Å². The van der Waals surface area contributed by atoms with Crippen LogP contribution in [0.1, 0.15) is 26.7 Å². The highest BCUT2D eigenvalue weighted by Crippen LogP contribution is 2.29. The molecule has 0 spiro atoms. The molecule has 3 unspecified atom stereocenters. The van der Waals surface area contributed by atoms with E-state index >= 15 is 0 Å². The number of para-hydroxylation sites is 2. The van der Waals surface area contributed by atoms with E-state index in [0.29, 0.717) is 13.1 Å². The molecule has 2 aliphatic rings. The van der Waals surface area contributed by atoms with Crippen LogP contribution in [0.4, 0.5) is 16.2 Å². The van der Waals surface area contributed by atoms with E-state index in [0.717, 1.165) is 37.3 Å². The van der Waals surface area contributed by atoms with E-state index in [9.17, 15) is 9.90 Å². The summed E-state index contributed by atoms with van der Waals surface area (Å²) in [6.45, 7) is 6.84. The Bertz CT molecular complexity index is 570. The molecule has 0 aromatic heterocycles. The molecular formula is C18H27N3O3. The molecule has 2 N–H and O–H groups in total. The molecule has 0 bridgehead atoms. The van der Waals surface area contributed by atoms with Crippen LogP contribution in [0.2, 0.25) is 0 Å². The SMILES string of the molecule is CC1CN(c2ccccc2NC(=O)N2CCCC(O)C2)CC(C)O1. The second-order valence-electron chi connectivity index (χ2n) is 6.85. The Kier molecular flexibility index (Phi) is 5.26. The third kappa shape index (κ3) is 3.99. The van der Waals surface area contributed by atoms with Gasteiger partial charge >= 0.3 is 6.03 Å². The standard InChI is InChI=1S/C18H27N3O3/c1-13-10-21(11-14(2)24-13)17-8-4-3-7-16(17)19-18(23)20-9-5-6-15(22)12-20/h3-4,7-8,13-15,22H,5-6,9-12H2,1-2H3,(H,19,23). The summed E-state index contributed by atoms with van der Waals surface area (Å²) in [5.74, 6) is 0. The number of hydrogen-bond donors (Lipinski definition) is 2. The lowest BCUT2D eigenvalue weighted by Crippen LogP contribution is -2.46. The van der Waals surface area contributed by atoms with Crippen molar-refractivity contribution in [3.05, 3.63) is 24.3 Å². The number of aliphatic hydroxyl groups is 1. The summed E-state index contributed by atoms with van der Waals surface area (Å²) in [6.07, 6.45) is 1.52. The number of aliphatic hydroxyl groups excluding tert-OH is 1. The van der Waals surface area contributed by atoms with Crippen molar-refractivity contribution in [1.82, 2.24) is 4.90 Å². The number of nitrogens with zero attached hydrogens (tertiary/aromatic N) is 2. The second kappa shape index (κ2) is 7.40. The Morgan fingerprint density at radius 3 is 2.62 bits per heavy atom. The van der Waals surface area contributed by atoms with Gasteiger partial charge < -0.3 is 25.0 Å². The van der Waals surface area contributed by atoms with Crippen molar-refractivity contribution in [2.45, 2.75) is 45.0 Å². The number of anilines is 2. The molecule has 0 saturated carbocycles. The average molecular weight is 333 g/mol. The van der Waals surface area contributed by atoms with E-state index in [1.54, 1.807) is 4.90 Å². The van der Waals surface area contributed by atoms with Crippen LogP contribution in [0, 0.1) is 0 Å². The van der Waals surface area contributed by atoms with Crippen LogP contribution in [0.3, 0.4) is 0 Å². The molecule has 3 rings (SSSR count). The molecular weight excluding hydrogens is 306 g/mol. The molecule has 2 heterocycles. The summed E-state index contributed by atoms with van der Waals surface area (Å²) in [7, 11) is 0. The minimum atomic E-state index is -0.416. The second-order valence-corrected chi connectivity index (χ2v) is 6.85. The molecule has 132 valence electrons. The van der Waals surface area contributed by atoms with Crippen molar-refractivity contribution in [3.8, 4) is 0 Å². The fourth-order valence-electron chi connectivity index (χ4n) is 3.56. The first-order chi connectivity index (χ1) is 11.5. The number of ether oxygens (including phenoxy) is 1. The molecule has 24 heavy (non-hydrogen) atoms. The van der Waals surface area contributed by atoms with Gasteiger partial charge in [-0.05, 0) is 38.8 Å². The van der Waals surface area contributed by atoms with Gasteiger partial charge in [-0.3, -0.25) is 0 Å². The Balaban J connectivity index is 1.73. The van der Waals surface area contributed by atoms with Gasteiger partial charge in [0.25, 0.3) is 0 Å². The van der Waals surface area contributed by atoms with Gasteiger partial charge in [0.05, 0.1) is 29.7 Å². The predicted molar refractivity (Wildman–Crippen MR) is 94.5 cm³/mol. The minimum absolute atomic E-state index is 0.143. The number of morpholine rings is 1. The Morgan fingerprint density at radius 1 is 1.21 bits per heavy atom. The topological polar surface area (TPSA) is 65.0 Å². The van der Waals surface area contributed by atoms with Crippen molar-refractivity contribution in [3.63, 3.8) is 0 Å². The predicted octanol–water partition coefficient (Wildman–Crippen LogP) is 2.29. The molecule has 1 aromatic rings. The fourth-order valence-corrected chi connectivity index (χ4v) is 3.56. The lowest BCUT2D eigenvalue weighted by atomic mass is 10.1. The van der Waals surface area contributed by atoms with Crippen LogP contribution < -0.4 is 10.2 Å². The number of carbonyl (C=O) groups excluding carboxylic acids is 1. The van der Waals surface area contributed by atoms with E-state index in [-0.39, 0.29) is 18.2 Å². The van der Waals surface area contributed by atoms with Crippen LogP contribution >= 0.6 is 0 Å². The quantitative estimate of drug-likeness (QED) is 0.871. The highest BCUT2D eigenvalue weighted by atomic mass is 16.5. The normalized spacial score (nSPS) is 27.9. The summed E-state index contributed by atoms with van der Waals surface area (Å²) in [5, 5.41) is 12.8. The summed E-state index contributed by atoms with van der Waals surface area (Å²) in [5.41, 5.74) is 1.83. The van der Waals surface area contributed by atoms with E-state index in [1.165, 1.54) is 0 Å². The monoisotopic (exact) mass is 333 g/mol. The zero-order valence-corrected chi connectivity index (χ0v) is 14.4. The van der Waals surface area contributed by atoms with Gasteiger partial charge in [-0.1, -0.05) is 12.1 Å². The van der Waals surface area contributed by atoms with Crippen molar-refractivity contribution < 1.29 is 14.6 Å². The van der Waals surface area contributed by atoms with E-state index in [4.69, 9.17) is 4.74 Å². The van der Waals surface area contributed by atoms with Crippen molar-refractivity contribution in [2.75, 3.05) is 36.4 Å². The van der Waals surface area contributed by atoms with Crippen molar-refractivity contribution in [2.24, 2.45) is 0 Å². The van der Waals surface area contributed by atoms with Gasteiger partial charge in [0.15, 0.2) is 0 Å². The van der Waals surface area contributed by atoms with Gasteiger partial charge in [0.1, 0.15) is 0 Å². The maximum atomic E-state index is 12.5. The first-order valence-electron chi connectivity index (χ1n) is 8.76. The molecule has 0 aliphatic carbocycles. The van der Waals surface area contributed by atoms with Crippen molar-refractivity contribution in [1.29, 1.82) is 0 Å². The lowest BCUT2D eigenvalue weighted by Gasteiger charge is -2.38.